The highest BCUT2D eigenvalue weighted by Crippen LogP contribution is 2.40. The summed E-state index contributed by atoms with van der Waals surface area (Å²) >= 11 is 0. The van der Waals surface area contributed by atoms with Crippen molar-refractivity contribution >= 4 is 15.8 Å². The van der Waals surface area contributed by atoms with Crippen LogP contribution in [0.25, 0.3) is 0 Å². The third-order valence-electron chi connectivity index (χ3n) is 5.06. The fourth-order valence-corrected chi connectivity index (χ4v) is 5.24. The Balaban J connectivity index is 2.15. The Labute approximate surface area is 137 Å². The van der Waals surface area contributed by atoms with E-state index in [0.29, 0.717) is 31.7 Å². The van der Waals surface area contributed by atoms with Crippen molar-refractivity contribution in [3.63, 3.8) is 0 Å². The molecule has 1 heterocycles. The van der Waals surface area contributed by atoms with Crippen molar-refractivity contribution in [2.75, 3.05) is 20.2 Å². The smallest absolute Gasteiger partial charge is 0.246 e. The van der Waals surface area contributed by atoms with Gasteiger partial charge in [-0.3, -0.25) is 4.79 Å². The molecule has 1 aromatic rings. The van der Waals surface area contributed by atoms with Crippen molar-refractivity contribution in [2.45, 2.75) is 49.8 Å². The second-order valence-electron chi connectivity index (χ2n) is 6.82. The summed E-state index contributed by atoms with van der Waals surface area (Å²) in [6, 6.07) is 3.46. The van der Waals surface area contributed by atoms with Crippen LogP contribution in [0.15, 0.2) is 17.0 Å². The van der Waals surface area contributed by atoms with Gasteiger partial charge in [0.2, 0.25) is 10.0 Å². The zero-order chi connectivity index (χ0) is 16.8. The van der Waals surface area contributed by atoms with Gasteiger partial charge in [0.15, 0.2) is 0 Å². The second kappa shape index (κ2) is 5.60. The molecule has 0 atom stereocenters. The Morgan fingerprint density at radius 3 is 2.39 bits per heavy atom. The maximum Gasteiger partial charge on any atom is 0.246 e. The average molecular weight is 337 g/mol. The van der Waals surface area contributed by atoms with Gasteiger partial charge in [-0.25, -0.2) is 8.42 Å². The minimum absolute atomic E-state index is 0.183. The monoisotopic (exact) mass is 337 g/mol. The Bertz CT molecular complexity index is 746. The number of nitrogens with zero attached hydrogens (tertiary/aromatic N) is 1. The van der Waals surface area contributed by atoms with Crippen LogP contribution in [0, 0.1) is 0 Å². The van der Waals surface area contributed by atoms with E-state index in [0.717, 1.165) is 24.0 Å². The first kappa shape index (κ1) is 16.5. The number of carbonyl (C=O) groups is 1. The lowest BCUT2D eigenvalue weighted by Gasteiger charge is -2.32. The van der Waals surface area contributed by atoms with Crippen LogP contribution in [-0.2, 0) is 26.7 Å². The van der Waals surface area contributed by atoms with Gasteiger partial charge in [0.1, 0.15) is 16.4 Å². The van der Waals surface area contributed by atoms with Gasteiger partial charge < -0.3 is 4.74 Å². The highest BCUT2D eigenvalue weighted by molar-refractivity contribution is 7.89. The molecule has 0 bridgehead atoms. The molecule has 1 saturated heterocycles. The summed E-state index contributed by atoms with van der Waals surface area (Å²) < 4.78 is 32.7. The molecule has 3 rings (SSSR count). The highest BCUT2D eigenvalue weighted by atomic mass is 32.2. The van der Waals surface area contributed by atoms with Crippen LogP contribution in [0.1, 0.15) is 44.2 Å². The number of sulfonamides is 1. The number of carbonyl (C=O) groups excluding carboxylic acids is 1. The quantitative estimate of drug-likeness (QED) is 0.849. The molecular weight excluding hydrogens is 314 g/mol. The van der Waals surface area contributed by atoms with E-state index >= 15 is 0 Å². The summed E-state index contributed by atoms with van der Waals surface area (Å²) in [6.07, 6.45) is 2.83. The first-order valence-electron chi connectivity index (χ1n) is 8.03. The predicted molar refractivity (Wildman–Crippen MR) is 87.3 cm³/mol. The minimum atomic E-state index is -3.54. The van der Waals surface area contributed by atoms with Gasteiger partial charge >= 0.3 is 0 Å². The summed E-state index contributed by atoms with van der Waals surface area (Å²) in [7, 11) is -2.07. The highest BCUT2D eigenvalue weighted by Gasteiger charge is 2.38. The van der Waals surface area contributed by atoms with Gasteiger partial charge in [-0.1, -0.05) is 0 Å². The van der Waals surface area contributed by atoms with Gasteiger partial charge in [-0.15, -0.1) is 0 Å². The van der Waals surface area contributed by atoms with Crippen LogP contribution in [0.2, 0.25) is 0 Å². The number of ether oxygens (including phenoxy) is 1. The van der Waals surface area contributed by atoms with Crippen molar-refractivity contribution in [2.24, 2.45) is 0 Å². The lowest BCUT2D eigenvalue weighted by Crippen LogP contribution is -2.35. The molecule has 1 aromatic carbocycles. The van der Waals surface area contributed by atoms with Crippen LogP contribution in [-0.4, -0.2) is 38.7 Å². The van der Waals surface area contributed by atoms with Crippen LogP contribution >= 0.6 is 0 Å². The number of fused-ring (bicyclic) bond motifs is 1. The van der Waals surface area contributed by atoms with E-state index in [-0.39, 0.29) is 10.7 Å². The fraction of sp³-hybridized carbons (Fsp3) is 0.588. The number of hydrogen-bond donors (Lipinski definition) is 0. The molecule has 0 spiro atoms. The van der Waals surface area contributed by atoms with Crippen molar-refractivity contribution in [1.82, 2.24) is 4.31 Å². The number of benzene rings is 1. The summed E-state index contributed by atoms with van der Waals surface area (Å²) in [6.45, 7) is 4.90. The average Bonchev–Trinajstić information content (AvgIpc) is 3.05. The van der Waals surface area contributed by atoms with E-state index in [1.165, 1.54) is 11.4 Å². The number of rotatable bonds is 3. The van der Waals surface area contributed by atoms with E-state index in [1.54, 1.807) is 12.1 Å². The number of Topliss-reactive ketones (excluding diaryl/α,β-unsaturated/α-hetero) is 1. The van der Waals surface area contributed by atoms with Gasteiger partial charge in [0.05, 0.1) is 7.11 Å². The third-order valence-corrected chi connectivity index (χ3v) is 6.98. The number of methoxy groups -OCH3 is 1. The first-order chi connectivity index (χ1) is 10.8. The largest absolute Gasteiger partial charge is 0.495 e. The Hall–Kier alpha value is -1.40. The minimum Gasteiger partial charge on any atom is -0.495 e. The Kier molecular flexibility index (Phi) is 4.01. The first-order valence-corrected chi connectivity index (χ1v) is 9.47. The summed E-state index contributed by atoms with van der Waals surface area (Å²) in [4.78, 5) is 12.4. The molecular formula is C17H23NO4S. The molecule has 2 aliphatic rings. The topological polar surface area (TPSA) is 63.7 Å². The lowest BCUT2D eigenvalue weighted by molar-refractivity contribution is -0.124. The van der Waals surface area contributed by atoms with Gasteiger partial charge in [0, 0.05) is 24.9 Å². The molecule has 23 heavy (non-hydrogen) atoms. The van der Waals surface area contributed by atoms with E-state index in [1.807, 2.05) is 13.8 Å². The van der Waals surface area contributed by atoms with Crippen molar-refractivity contribution in [1.29, 1.82) is 0 Å². The van der Waals surface area contributed by atoms with Gasteiger partial charge in [-0.05, 0) is 56.4 Å². The molecule has 0 amide bonds. The molecule has 126 valence electrons. The molecule has 0 saturated carbocycles. The third kappa shape index (κ3) is 2.58. The summed E-state index contributed by atoms with van der Waals surface area (Å²) in [5.41, 5.74) is 1.22. The Morgan fingerprint density at radius 2 is 1.78 bits per heavy atom. The molecule has 0 N–H and O–H groups in total. The zero-order valence-corrected chi connectivity index (χ0v) is 14.7. The number of aryl methyl sites for hydroxylation is 1. The van der Waals surface area contributed by atoms with Crippen molar-refractivity contribution in [3.8, 4) is 5.75 Å². The number of ketones is 1. The second-order valence-corrected chi connectivity index (χ2v) is 8.73. The normalized spacial score (nSPS) is 21.3. The van der Waals surface area contributed by atoms with E-state index < -0.39 is 15.4 Å². The van der Waals surface area contributed by atoms with Crippen molar-refractivity contribution < 1.29 is 17.9 Å². The number of hydrogen-bond acceptors (Lipinski definition) is 4. The molecule has 1 aliphatic heterocycles. The maximum atomic E-state index is 12.9. The molecule has 1 fully saturated rings. The van der Waals surface area contributed by atoms with Gasteiger partial charge in [-0.2, -0.15) is 4.31 Å². The summed E-state index contributed by atoms with van der Waals surface area (Å²) in [5.74, 6) is 0.514. The van der Waals surface area contributed by atoms with Crippen LogP contribution < -0.4 is 4.74 Å². The van der Waals surface area contributed by atoms with E-state index in [4.69, 9.17) is 4.74 Å². The summed E-state index contributed by atoms with van der Waals surface area (Å²) in [5, 5.41) is 0. The van der Waals surface area contributed by atoms with E-state index in [9.17, 15) is 13.2 Å². The van der Waals surface area contributed by atoms with Crippen LogP contribution in [0.4, 0.5) is 0 Å². The zero-order valence-electron chi connectivity index (χ0n) is 13.9. The van der Waals surface area contributed by atoms with Crippen molar-refractivity contribution in [3.05, 3.63) is 23.3 Å². The van der Waals surface area contributed by atoms with Crippen LogP contribution in [0.5, 0.6) is 5.75 Å². The fourth-order valence-electron chi connectivity index (χ4n) is 3.53. The van der Waals surface area contributed by atoms with Crippen LogP contribution in [0.3, 0.4) is 0 Å². The molecule has 0 radical (unpaired) electrons. The molecule has 6 heteroatoms. The van der Waals surface area contributed by atoms with Gasteiger partial charge in [0.25, 0.3) is 0 Å². The molecule has 0 aromatic heterocycles. The van der Waals surface area contributed by atoms with E-state index in [2.05, 4.69) is 0 Å². The predicted octanol–water partition coefficient (Wildman–Crippen LogP) is 2.27. The Morgan fingerprint density at radius 1 is 1.13 bits per heavy atom. The lowest BCUT2D eigenvalue weighted by atomic mass is 9.72. The molecule has 5 nitrogen and oxygen atoms in total. The molecule has 1 aliphatic carbocycles. The SMILES string of the molecule is COc1cc2c(cc1S(=O)(=O)N1CCCC1)CCC(=O)C2(C)C. The molecule has 0 unspecified atom stereocenters. The maximum absolute atomic E-state index is 12.9. The standard InChI is InChI=1S/C17H23NO4S/c1-17(2)13-11-14(22-3)15(10-12(13)6-7-16(17)19)23(20,21)18-8-4-5-9-18/h10-11H,4-9H2,1-3H3.